The molecule has 10 nitrogen and oxygen atoms in total. The Kier molecular flexibility index (Phi) is 27.4. The molecule has 0 amide bonds. The number of carbonyl (C=O) groups is 4. The molecule has 0 aliphatic carbocycles. The lowest BCUT2D eigenvalue weighted by Crippen LogP contribution is -2.17. The fourth-order valence-electron chi connectivity index (χ4n) is 3.72. The highest BCUT2D eigenvalue weighted by Gasteiger charge is 2.14. The highest BCUT2D eigenvalue weighted by atomic mass is 16.6. The van der Waals surface area contributed by atoms with Gasteiger partial charge in [0.25, 0.3) is 0 Å². The van der Waals surface area contributed by atoms with Gasteiger partial charge in [0, 0.05) is 12.8 Å². The molecule has 10 heteroatoms. The first-order valence-electron chi connectivity index (χ1n) is 14.8. The van der Waals surface area contributed by atoms with Crippen LogP contribution in [0, 0.1) is 0 Å². The van der Waals surface area contributed by atoms with Crippen LogP contribution in [0.1, 0.15) is 110 Å². The number of rotatable bonds is 30. The number of Topliss-reactive ketones (excluding diaryl/α,β-unsaturated/α-hetero) is 1. The molecular weight excluding hydrogens is 508 g/mol. The summed E-state index contributed by atoms with van der Waals surface area (Å²) >= 11 is 0. The molecule has 0 aromatic heterocycles. The van der Waals surface area contributed by atoms with Gasteiger partial charge in [-0.2, -0.15) is 0 Å². The van der Waals surface area contributed by atoms with Crippen LogP contribution in [0.3, 0.4) is 0 Å². The molecule has 1 N–H and O–H groups in total. The van der Waals surface area contributed by atoms with Crippen molar-refractivity contribution >= 4 is 23.7 Å². The molecule has 0 spiro atoms. The Morgan fingerprint density at radius 3 is 1.23 bits per heavy atom. The average Bonchev–Trinajstić information content (AvgIpc) is 2.92. The van der Waals surface area contributed by atoms with Gasteiger partial charge in [-0.15, -0.1) is 0 Å². The molecular formula is C29H52O10. The number of ketones is 1. The molecule has 0 saturated heterocycles. The molecule has 0 bridgehead atoms. The molecule has 0 fully saturated rings. The minimum absolute atomic E-state index is 0.0152. The van der Waals surface area contributed by atoms with Gasteiger partial charge in [-0.05, 0) is 6.42 Å². The van der Waals surface area contributed by atoms with Crippen LogP contribution in [0.2, 0.25) is 0 Å². The third kappa shape index (κ3) is 28.8. The predicted octanol–water partition coefficient (Wildman–Crippen LogP) is 5.04. The standard InChI is InChI=1S/C29H52O10/c1-2-3-4-5-6-7-8-9-10-11-12-13-14-15-27(31)38-24-22-36-20-18-35-19-21-37-23-25-39-28(32)17-16-26(30)29(33)34/h2-25H2,1H3,(H,33,34). The van der Waals surface area contributed by atoms with E-state index in [1.54, 1.807) is 0 Å². The third-order valence-electron chi connectivity index (χ3n) is 6.00. The molecule has 0 aliphatic rings. The summed E-state index contributed by atoms with van der Waals surface area (Å²) in [6.07, 6.45) is 16.4. The van der Waals surface area contributed by atoms with E-state index in [9.17, 15) is 19.2 Å². The Morgan fingerprint density at radius 2 is 0.821 bits per heavy atom. The van der Waals surface area contributed by atoms with E-state index >= 15 is 0 Å². The molecule has 0 radical (unpaired) electrons. The highest BCUT2D eigenvalue weighted by molar-refractivity contribution is 6.32. The van der Waals surface area contributed by atoms with Gasteiger partial charge in [0.05, 0.1) is 46.1 Å². The minimum Gasteiger partial charge on any atom is -0.476 e. The van der Waals surface area contributed by atoms with Crippen molar-refractivity contribution < 1.29 is 48.0 Å². The van der Waals surface area contributed by atoms with Crippen LogP contribution in [0.4, 0.5) is 0 Å². The van der Waals surface area contributed by atoms with Gasteiger partial charge in [-0.25, -0.2) is 4.79 Å². The maximum Gasteiger partial charge on any atom is 0.372 e. The van der Waals surface area contributed by atoms with Crippen LogP contribution < -0.4 is 0 Å². The summed E-state index contributed by atoms with van der Waals surface area (Å²) in [7, 11) is 0. The summed E-state index contributed by atoms with van der Waals surface area (Å²) in [6.45, 7) is 4.42. The lowest BCUT2D eigenvalue weighted by atomic mass is 10.0. The van der Waals surface area contributed by atoms with E-state index in [0.717, 1.165) is 12.8 Å². The van der Waals surface area contributed by atoms with E-state index in [4.69, 9.17) is 28.8 Å². The van der Waals surface area contributed by atoms with E-state index in [1.807, 2.05) is 0 Å². The van der Waals surface area contributed by atoms with Crippen LogP contribution >= 0.6 is 0 Å². The first-order valence-corrected chi connectivity index (χ1v) is 14.8. The van der Waals surface area contributed by atoms with Gasteiger partial charge in [-0.3, -0.25) is 14.4 Å². The van der Waals surface area contributed by atoms with Crippen LogP contribution in [0.25, 0.3) is 0 Å². The smallest absolute Gasteiger partial charge is 0.372 e. The quantitative estimate of drug-likeness (QED) is 0.0723. The second-order valence-electron chi connectivity index (χ2n) is 9.50. The number of unbranched alkanes of at least 4 members (excludes halogenated alkanes) is 12. The molecule has 228 valence electrons. The van der Waals surface area contributed by atoms with Gasteiger partial charge < -0.3 is 28.8 Å². The zero-order valence-electron chi connectivity index (χ0n) is 24.1. The zero-order chi connectivity index (χ0) is 28.8. The summed E-state index contributed by atoms with van der Waals surface area (Å²) in [5, 5.41) is 8.43. The van der Waals surface area contributed by atoms with E-state index < -0.39 is 17.7 Å². The van der Waals surface area contributed by atoms with E-state index in [2.05, 4.69) is 6.92 Å². The zero-order valence-corrected chi connectivity index (χ0v) is 24.1. The number of esters is 2. The SMILES string of the molecule is CCCCCCCCCCCCCCCC(=O)OCCOCCOCCOCCOC(=O)CCC(=O)C(=O)O. The topological polar surface area (TPSA) is 135 Å². The van der Waals surface area contributed by atoms with Gasteiger partial charge in [0.2, 0.25) is 5.78 Å². The molecule has 0 heterocycles. The number of carboxylic acid groups (broad SMARTS) is 1. The fraction of sp³-hybridized carbons (Fsp3) is 0.862. The van der Waals surface area contributed by atoms with E-state index in [-0.39, 0.29) is 38.6 Å². The molecule has 0 unspecified atom stereocenters. The largest absolute Gasteiger partial charge is 0.476 e. The maximum absolute atomic E-state index is 11.8. The molecule has 0 atom stereocenters. The van der Waals surface area contributed by atoms with Crippen molar-refractivity contribution in [3.8, 4) is 0 Å². The number of ether oxygens (including phenoxy) is 5. The van der Waals surface area contributed by atoms with Crippen molar-refractivity contribution in [3.05, 3.63) is 0 Å². The highest BCUT2D eigenvalue weighted by Crippen LogP contribution is 2.13. The Bertz CT molecular complexity index is 623. The lowest BCUT2D eigenvalue weighted by Gasteiger charge is -2.08. The van der Waals surface area contributed by atoms with Crippen molar-refractivity contribution in [2.24, 2.45) is 0 Å². The van der Waals surface area contributed by atoms with Crippen molar-refractivity contribution in [1.29, 1.82) is 0 Å². The van der Waals surface area contributed by atoms with Crippen molar-refractivity contribution in [2.45, 2.75) is 110 Å². The van der Waals surface area contributed by atoms with E-state index in [1.165, 1.54) is 70.6 Å². The molecule has 0 aliphatic heterocycles. The number of carboxylic acids is 1. The van der Waals surface area contributed by atoms with E-state index in [0.29, 0.717) is 39.5 Å². The molecule has 0 aromatic carbocycles. The summed E-state index contributed by atoms with van der Waals surface area (Å²) in [5.74, 6) is -3.40. The van der Waals surface area contributed by atoms with Crippen molar-refractivity contribution in [2.75, 3.05) is 52.9 Å². The average molecular weight is 561 g/mol. The Hall–Kier alpha value is -2.04. The van der Waals surface area contributed by atoms with Crippen molar-refractivity contribution in [1.82, 2.24) is 0 Å². The summed E-state index contributed by atoms with van der Waals surface area (Å²) in [4.78, 5) is 44.3. The van der Waals surface area contributed by atoms with Gasteiger partial charge in [0.15, 0.2) is 0 Å². The number of aliphatic carboxylic acids is 1. The second-order valence-corrected chi connectivity index (χ2v) is 9.50. The predicted molar refractivity (Wildman–Crippen MR) is 147 cm³/mol. The fourth-order valence-corrected chi connectivity index (χ4v) is 3.72. The Labute approximate surface area is 234 Å². The first kappa shape index (κ1) is 37.0. The minimum atomic E-state index is -1.56. The molecule has 0 saturated carbocycles. The third-order valence-corrected chi connectivity index (χ3v) is 6.00. The summed E-state index contributed by atoms with van der Waals surface area (Å²) in [5.41, 5.74) is 0. The van der Waals surface area contributed by atoms with Gasteiger partial charge >= 0.3 is 17.9 Å². The normalized spacial score (nSPS) is 10.9. The van der Waals surface area contributed by atoms with Crippen LogP contribution in [0.5, 0.6) is 0 Å². The summed E-state index contributed by atoms with van der Waals surface area (Å²) in [6, 6.07) is 0. The van der Waals surface area contributed by atoms with Crippen LogP contribution in [-0.4, -0.2) is 81.7 Å². The summed E-state index contributed by atoms with van der Waals surface area (Å²) < 4.78 is 26.0. The number of carbonyl (C=O) groups excluding carboxylic acids is 3. The lowest BCUT2D eigenvalue weighted by molar-refractivity contribution is -0.151. The monoisotopic (exact) mass is 560 g/mol. The van der Waals surface area contributed by atoms with Crippen molar-refractivity contribution in [3.63, 3.8) is 0 Å². The van der Waals surface area contributed by atoms with Gasteiger partial charge in [-0.1, -0.05) is 84.0 Å². The Balaban J connectivity index is 3.26. The number of hydrogen-bond acceptors (Lipinski definition) is 9. The number of hydrogen-bond donors (Lipinski definition) is 1. The first-order chi connectivity index (χ1) is 19.0. The molecule has 0 rings (SSSR count). The van der Waals surface area contributed by atoms with Gasteiger partial charge in [0.1, 0.15) is 13.2 Å². The Morgan fingerprint density at radius 1 is 0.462 bits per heavy atom. The molecule has 0 aromatic rings. The van der Waals surface area contributed by atoms with Crippen LogP contribution in [0.15, 0.2) is 0 Å². The maximum atomic E-state index is 11.8. The van der Waals surface area contributed by atoms with Crippen LogP contribution in [-0.2, 0) is 42.9 Å². The second kappa shape index (κ2) is 29.0. The molecule has 39 heavy (non-hydrogen) atoms.